The second-order valence-electron chi connectivity index (χ2n) is 5.21. The summed E-state index contributed by atoms with van der Waals surface area (Å²) in [6, 6.07) is 8.52. The van der Waals surface area contributed by atoms with Crippen LogP contribution in [0.3, 0.4) is 0 Å². The largest absolute Gasteiger partial charge is 0.365 e. The lowest BCUT2D eigenvalue weighted by Crippen LogP contribution is -2.42. The zero-order chi connectivity index (χ0) is 12.6. The van der Waals surface area contributed by atoms with Crippen molar-refractivity contribution in [2.75, 3.05) is 11.4 Å². The van der Waals surface area contributed by atoms with Crippen LogP contribution in [-0.4, -0.2) is 12.1 Å². The summed E-state index contributed by atoms with van der Waals surface area (Å²) in [7, 11) is 0. The first-order valence-corrected chi connectivity index (χ1v) is 6.28. The highest BCUT2D eigenvalue weighted by atomic mass is 35.5. The molecule has 1 atom stereocenters. The van der Waals surface area contributed by atoms with Crippen molar-refractivity contribution < 1.29 is 0 Å². The molecule has 1 heterocycles. The van der Waals surface area contributed by atoms with E-state index in [9.17, 15) is 0 Å². The molecule has 1 aromatic rings. The van der Waals surface area contributed by atoms with E-state index < -0.39 is 0 Å². The van der Waals surface area contributed by atoms with E-state index in [1.165, 1.54) is 0 Å². The molecule has 3 heteroatoms. The SMILES string of the molecule is Cc1ccc(N2CCC(C#N)C2(C)C)cc1Cl. The molecule has 0 spiro atoms. The predicted octanol–water partition coefficient (Wildman–Crippen LogP) is 3.78. The Morgan fingerprint density at radius 3 is 2.71 bits per heavy atom. The Bertz CT molecular complexity index is 474. The fraction of sp³-hybridized carbons (Fsp3) is 0.500. The van der Waals surface area contributed by atoms with Gasteiger partial charge in [0.1, 0.15) is 0 Å². The maximum Gasteiger partial charge on any atom is 0.0706 e. The third-order valence-corrected chi connectivity index (χ3v) is 4.22. The van der Waals surface area contributed by atoms with E-state index in [0.717, 1.165) is 29.2 Å². The van der Waals surface area contributed by atoms with Crippen molar-refractivity contribution in [3.05, 3.63) is 28.8 Å². The van der Waals surface area contributed by atoms with Crippen molar-refractivity contribution in [3.8, 4) is 6.07 Å². The van der Waals surface area contributed by atoms with Crippen LogP contribution in [0, 0.1) is 24.2 Å². The van der Waals surface area contributed by atoms with E-state index in [0.29, 0.717) is 0 Å². The van der Waals surface area contributed by atoms with Gasteiger partial charge in [-0.05, 0) is 44.9 Å². The molecule has 1 unspecified atom stereocenters. The third kappa shape index (κ3) is 2.00. The highest BCUT2D eigenvalue weighted by molar-refractivity contribution is 6.31. The average molecular weight is 249 g/mol. The zero-order valence-corrected chi connectivity index (χ0v) is 11.3. The summed E-state index contributed by atoms with van der Waals surface area (Å²) in [4.78, 5) is 2.28. The van der Waals surface area contributed by atoms with Gasteiger partial charge >= 0.3 is 0 Å². The average Bonchev–Trinajstić information content (AvgIpc) is 2.57. The number of halogens is 1. The molecule has 2 rings (SSSR count). The van der Waals surface area contributed by atoms with Crippen LogP contribution in [0.4, 0.5) is 5.69 Å². The van der Waals surface area contributed by atoms with Gasteiger partial charge in [0.2, 0.25) is 0 Å². The second-order valence-corrected chi connectivity index (χ2v) is 5.62. The fourth-order valence-electron chi connectivity index (χ4n) is 2.52. The molecule has 0 aliphatic carbocycles. The quantitative estimate of drug-likeness (QED) is 0.756. The second kappa shape index (κ2) is 4.23. The summed E-state index contributed by atoms with van der Waals surface area (Å²) in [5, 5.41) is 9.95. The third-order valence-electron chi connectivity index (χ3n) is 3.81. The Labute approximate surface area is 108 Å². The molecule has 0 amide bonds. The van der Waals surface area contributed by atoms with Gasteiger partial charge in [-0.15, -0.1) is 0 Å². The van der Waals surface area contributed by atoms with Gasteiger partial charge in [0, 0.05) is 17.3 Å². The van der Waals surface area contributed by atoms with Crippen LogP contribution in [0.2, 0.25) is 5.02 Å². The van der Waals surface area contributed by atoms with Gasteiger partial charge in [0.25, 0.3) is 0 Å². The first kappa shape index (κ1) is 12.3. The minimum absolute atomic E-state index is 0.0857. The van der Waals surface area contributed by atoms with Crippen LogP contribution >= 0.6 is 11.6 Å². The minimum atomic E-state index is -0.118. The molecule has 1 aliphatic rings. The van der Waals surface area contributed by atoms with E-state index in [1.807, 2.05) is 19.1 Å². The van der Waals surface area contributed by atoms with Crippen LogP contribution < -0.4 is 4.90 Å². The predicted molar refractivity (Wildman–Crippen MR) is 71.3 cm³/mol. The van der Waals surface area contributed by atoms with Crippen LogP contribution in [0.5, 0.6) is 0 Å². The summed E-state index contributed by atoms with van der Waals surface area (Å²) in [6.45, 7) is 7.17. The van der Waals surface area contributed by atoms with E-state index in [2.05, 4.69) is 30.9 Å². The van der Waals surface area contributed by atoms with Crippen molar-refractivity contribution in [2.24, 2.45) is 5.92 Å². The van der Waals surface area contributed by atoms with Crippen molar-refractivity contribution >= 4 is 17.3 Å². The molecule has 90 valence electrons. The van der Waals surface area contributed by atoms with Crippen LogP contribution in [-0.2, 0) is 0 Å². The summed E-state index contributed by atoms with van der Waals surface area (Å²) in [6.07, 6.45) is 0.926. The summed E-state index contributed by atoms with van der Waals surface area (Å²) in [5.74, 6) is 0.0857. The van der Waals surface area contributed by atoms with Gasteiger partial charge in [-0.3, -0.25) is 0 Å². The van der Waals surface area contributed by atoms with Crippen LogP contribution in [0.1, 0.15) is 25.8 Å². The van der Waals surface area contributed by atoms with Gasteiger partial charge in [-0.1, -0.05) is 17.7 Å². The molecule has 0 N–H and O–H groups in total. The Morgan fingerprint density at radius 2 is 2.18 bits per heavy atom. The number of nitrogens with zero attached hydrogens (tertiary/aromatic N) is 2. The standard InChI is InChI=1S/C14H17ClN2/c1-10-4-5-12(8-13(10)15)17-7-6-11(9-16)14(17,2)3/h4-5,8,11H,6-7H2,1-3H3. The Morgan fingerprint density at radius 1 is 1.47 bits per heavy atom. The topological polar surface area (TPSA) is 27.0 Å². The molecule has 0 aromatic heterocycles. The molecule has 1 aromatic carbocycles. The molecule has 1 aliphatic heterocycles. The molecule has 0 bridgehead atoms. The normalized spacial score (nSPS) is 22.5. The van der Waals surface area contributed by atoms with Crippen molar-refractivity contribution in [1.82, 2.24) is 0 Å². The van der Waals surface area contributed by atoms with Gasteiger partial charge in [-0.25, -0.2) is 0 Å². The Kier molecular flexibility index (Phi) is 3.05. The van der Waals surface area contributed by atoms with E-state index >= 15 is 0 Å². The fourth-order valence-corrected chi connectivity index (χ4v) is 2.70. The first-order valence-electron chi connectivity index (χ1n) is 5.90. The van der Waals surface area contributed by atoms with Gasteiger partial charge in [-0.2, -0.15) is 5.26 Å². The molecule has 17 heavy (non-hydrogen) atoms. The van der Waals surface area contributed by atoms with Gasteiger partial charge in [0.05, 0.1) is 17.5 Å². The maximum atomic E-state index is 9.16. The Hall–Kier alpha value is -1.20. The first-order chi connectivity index (χ1) is 7.96. The molecule has 0 radical (unpaired) electrons. The lowest BCUT2D eigenvalue weighted by atomic mass is 9.89. The van der Waals surface area contributed by atoms with Crippen molar-refractivity contribution in [1.29, 1.82) is 5.26 Å². The minimum Gasteiger partial charge on any atom is -0.365 e. The summed E-state index contributed by atoms with van der Waals surface area (Å²) >= 11 is 6.16. The molecule has 1 saturated heterocycles. The number of nitriles is 1. The monoisotopic (exact) mass is 248 g/mol. The lowest BCUT2D eigenvalue weighted by Gasteiger charge is -2.35. The Balaban J connectivity index is 2.36. The molecule has 1 fully saturated rings. The van der Waals surface area contributed by atoms with Gasteiger partial charge < -0.3 is 4.90 Å². The smallest absolute Gasteiger partial charge is 0.0706 e. The van der Waals surface area contributed by atoms with Crippen molar-refractivity contribution in [2.45, 2.75) is 32.7 Å². The molecular formula is C14H17ClN2. The number of anilines is 1. The number of hydrogen-bond acceptors (Lipinski definition) is 2. The molecule has 0 saturated carbocycles. The molecule has 2 nitrogen and oxygen atoms in total. The number of hydrogen-bond donors (Lipinski definition) is 0. The van der Waals surface area contributed by atoms with Crippen LogP contribution in [0.15, 0.2) is 18.2 Å². The maximum absolute atomic E-state index is 9.16. The number of rotatable bonds is 1. The summed E-state index contributed by atoms with van der Waals surface area (Å²) < 4.78 is 0. The summed E-state index contributed by atoms with van der Waals surface area (Å²) in [5.41, 5.74) is 2.08. The zero-order valence-electron chi connectivity index (χ0n) is 10.5. The van der Waals surface area contributed by atoms with E-state index in [-0.39, 0.29) is 11.5 Å². The van der Waals surface area contributed by atoms with Gasteiger partial charge in [0.15, 0.2) is 0 Å². The molecular weight excluding hydrogens is 232 g/mol. The van der Waals surface area contributed by atoms with Crippen LogP contribution in [0.25, 0.3) is 0 Å². The van der Waals surface area contributed by atoms with Crippen molar-refractivity contribution in [3.63, 3.8) is 0 Å². The van der Waals surface area contributed by atoms with E-state index in [4.69, 9.17) is 16.9 Å². The number of benzene rings is 1. The highest BCUT2D eigenvalue weighted by Crippen LogP contribution is 2.38. The number of aryl methyl sites for hydroxylation is 1. The lowest BCUT2D eigenvalue weighted by molar-refractivity contribution is 0.439. The highest BCUT2D eigenvalue weighted by Gasteiger charge is 2.41. The van der Waals surface area contributed by atoms with E-state index in [1.54, 1.807) is 0 Å².